The normalized spacial score (nSPS) is 11.0. The molecule has 0 radical (unpaired) electrons. The van der Waals surface area contributed by atoms with Crippen molar-refractivity contribution in [2.45, 2.75) is 33.1 Å². The van der Waals surface area contributed by atoms with Gasteiger partial charge in [0.2, 0.25) is 0 Å². The molecule has 0 atom stereocenters. The average Bonchev–Trinajstić information content (AvgIpc) is 2.06. The third-order valence-corrected chi connectivity index (χ3v) is 1.76. The molecule has 3 nitrogen and oxygen atoms in total. The molecule has 0 fully saturated rings. The number of hydrazine groups is 1. The van der Waals surface area contributed by atoms with Crippen molar-refractivity contribution in [1.29, 1.82) is 0 Å². The van der Waals surface area contributed by atoms with Gasteiger partial charge in [0.15, 0.2) is 0 Å². The minimum absolute atomic E-state index is 0.812. The Bertz CT molecular complexity index is 79.8. The van der Waals surface area contributed by atoms with Crippen LogP contribution in [0.4, 0.5) is 0 Å². The summed E-state index contributed by atoms with van der Waals surface area (Å²) in [5, 5.41) is 2.29. The quantitative estimate of drug-likeness (QED) is 0.424. The van der Waals surface area contributed by atoms with Gasteiger partial charge >= 0.3 is 0 Å². The SMILES string of the molecule is CCCN(CCCCN)NCC. The number of hydrogen-bond acceptors (Lipinski definition) is 3. The molecule has 0 saturated heterocycles. The number of hydrogen-bond donors (Lipinski definition) is 2. The standard InChI is InChI=1S/C9H23N3/c1-3-8-12(11-4-2)9-6-5-7-10/h11H,3-10H2,1-2H3. The van der Waals surface area contributed by atoms with Crippen LogP contribution in [0.1, 0.15) is 33.1 Å². The van der Waals surface area contributed by atoms with E-state index in [9.17, 15) is 0 Å². The van der Waals surface area contributed by atoms with Gasteiger partial charge in [-0.05, 0) is 25.8 Å². The molecule has 12 heavy (non-hydrogen) atoms. The van der Waals surface area contributed by atoms with Crippen LogP contribution in [-0.2, 0) is 0 Å². The first-order chi connectivity index (χ1) is 5.85. The summed E-state index contributed by atoms with van der Waals surface area (Å²) in [6, 6.07) is 0. The number of nitrogens with two attached hydrogens (primary N) is 1. The molecule has 0 aromatic rings. The first-order valence-electron chi connectivity index (χ1n) is 5.03. The molecule has 0 aromatic heterocycles. The molecule has 0 aliphatic rings. The van der Waals surface area contributed by atoms with Crippen LogP contribution in [0.5, 0.6) is 0 Å². The van der Waals surface area contributed by atoms with E-state index in [1.54, 1.807) is 0 Å². The van der Waals surface area contributed by atoms with Crippen molar-refractivity contribution in [2.24, 2.45) is 5.73 Å². The molecule has 74 valence electrons. The van der Waals surface area contributed by atoms with Crippen LogP contribution in [0.3, 0.4) is 0 Å². The van der Waals surface area contributed by atoms with Crippen molar-refractivity contribution in [3.63, 3.8) is 0 Å². The smallest absolute Gasteiger partial charge is 0.0131 e. The Morgan fingerprint density at radius 3 is 2.42 bits per heavy atom. The molecule has 3 N–H and O–H groups in total. The molecule has 0 amide bonds. The second-order valence-electron chi connectivity index (χ2n) is 2.99. The predicted molar refractivity (Wildman–Crippen MR) is 53.8 cm³/mol. The Kier molecular flexibility index (Phi) is 8.88. The van der Waals surface area contributed by atoms with Gasteiger partial charge in [0.05, 0.1) is 0 Å². The molecule has 0 aliphatic heterocycles. The van der Waals surface area contributed by atoms with Crippen molar-refractivity contribution in [1.82, 2.24) is 10.4 Å². The zero-order valence-corrected chi connectivity index (χ0v) is 8.47. The maximum atomic E-state index is 5.42. The van der Waals surface area contributed by atoms with Gasteiger partial charge < -0.3 is 5.73 Å². The molecule has 0 unspecified atom stereocenters. The third kappa shape index (κ3) is 6.58. The largest absolute Gasteiger partial charge is 0.330 e. The van der Waals surface area contributed by atoms with Gasteiger partial charge in [0.1, 0.15) is 0 Å². The van der Waals surface area contributed by atoms with Crippen LogP contribution >= 0.6 is 0 Å². The van der Waals surface area contributed by atoms with Gasteiger partial charge in [-0.2, -0.15) is 0 Å². The van der Waals surface area contributed by atoms with E-state index >= 15 is 0 Å². The van der Waals surface area contributed by atoms with E-state index in [1.165, 1.54) is 12.8 Å². The van der Waals surface area contributed by atoms with Crippen molar-refractivity contribution in [2.75, 3.05) is 26.2 Å². The van der Waals surface area contributed by atoms with E-state index in [4.69, 9.17) is 5.73 Å². The van der Waals surface area contributed by atoms with Crippen molar-refractivity contribution >= 4 is 0 Å². The molecule has 0 saturated carbocycles. The van der Waals surface area contributed by atoms with E-state index in [0.29, 0.717) is 0 Å². The van der Waals surface area contributed by atoms with E-state index in [2.05, 4.69) is 24.3 Å². The summed E-state index contributed by atoms with van der Waals surface area (Å²) in [5.41, 5.74) is 8.76. The fourth-order valence-electron chi connectivity index (χ4n) is 1.21. The van der Waals surface area contributed by atoms with Gasteiger partial charge in [-0.1, -0.05) is 13.8 Å². The Labute approximate surface area is 76.3 Å². The fraction of sp³-hybridized carbons (Fsp3) is 1.00. The minimum Gasteiger partial charge on any atom is -0.330 e. The molecule has 0 heterocycles. The minimum atomic E-state index is 0.812. The van der Waals surface area contributed by atoms with Crippen molar-refractivity contribution in [3.05, 3.63) is 0 Å². The van der Waals surface area contributed by atoms with E-state index < -0.39 is 0 Å². The first kappa shape index (κ1) is 11.9. The lowest BCUT2D eigenvalue weighted by Crippen LogP contribution is -2.39. The molecule has 0 spiro atoms. The number of nitrogens with one attached hydrogen (secondary N) is 1. The molecule has 0 rings (SSSR count). The molecular formula is C9H23N3. The van der Waals surface area contributed by atoms with Crippen molar-refractivity contribution in [3.8, 4) is 0 Å². The summed E-state index contributed by atoms with van der Waals surface area (Å²) < 4.78 is 0. The highest BCUT2D eigenvalue weighted by atomic mass is 15.5. The number of nitrogens with zero attached hydrogens (tertiary/aromatic N) is 1. The highest BCUT2D eigenvalue weighted by molar-refractivity contribution is 4.51. The second-order valence-corrected chi connectivity index (χ2v) is 2.99. The lowest BCUT2D eigenvalue weighted by Gasteiger charge is -2.21. The van der Waals surface area contributed by atoms with Gasteiger partial charge in [0, 0.05) is 19.6 Å². The number of rotatable bonds is 8. The predicted octanol–water partition coefficient (Wildman–Crippen LogP) is 0.962. The Hall–Kier alpha value is -0.120. The summed E-state index contributed by atoms with van der Waals surface area (Å²) in [7, 11) is 0. The second kappa shape index (κ2) is 8.97. The van der Waals surface area contributed by atoms with E-state index in [-0.39, 0.29) is 0 Å². The van der Waals surface area contributed by atoms with Crippen LogP contribution < -0.4 is 11.2 Å². The summed E-state index contributed by atoms with van der Waals surface area (Å²) in [6.45, 7) is 8.42. The van der Waals surface area contributed by atoms with Crippen molar-refractivity contribution < 1.29 is 0 Å². The van der Waals surface area contributed by atoms with Crippen LogP contribution in [0.25, 0.3) is 0 Å². The van der Waals surface area contributed by atoms with Gasteiger partial charge in [-0.25, -0.2) is 5.01 Å². The number of unbranched alkanes of at least 4 members (excludes halogenated alkanes) is 1. The first-order valence-corrected chi connectivity index (χ1v) is 5.03. The van der Waals surface area contributed by atoms with E-state index in [1.807, 2.05) is 0 Å². The molecule has 0 aromatic carbocycles. The third-order valence-electron chi connectivity index (χ3n) is 1.76. The Morgan fingerprint density at radius 1 is 1.17 bits per heavy atom. The monoisotopic (exact) mass is 173 g/mol. The fourth-order valence-corrected chi connectivity index (χ4v) is 1.21. The van der Waals surface area contributed by atoms with Gasteiger partial charge in [0.25, 0.3) is 0 Å². The van der Waals surface area contributed by atoms with Crippen LogP contribution in [0.2, 0.25) is 0 Å². The average molecular weight is 173 g/mol. The van der Waals surface area contributed by atoms with Gasteiger partial charge in [-0.15, -0.1) is 0 Å². The highest BCUT2D eigenvalue weighted by Crippen LogP contribution is 1.92. The van der Waals surface area contributed by atoms with Gasteiger partial charge in [-0.3, -0.25) is 5.43 Å². The lowest BCUT2D eigenvalue weighted by molar-refractivity contribution is 0.189. The van der Waals surface area contributed by atoms with E-state index in [0.717, 1.165) is 32.6 Å². The van der Waals surface area contributed by atoms with Crippen LogP contribution in [-0.4, -0.2) is 31.2 Å². The summed E-state index contributed by atoms with van der Waals surface area (Å²) in [4.78, 5) is 0. The van der Waals surface area contributed by atoms with Crippen LogP contribution in [0, 0.1) is 0 Å². The zero-order chi connectivity index (χ0) is 9.23. The summed E-state index contributed by atoms with van der Waals surface area (Å²) in [5.74, 6) is 0. The summed E-state index contributed by atoms with van der Waals surface area (Å²) in [6.07, 6.45) is 3.53. The maximum absolute atomic E-state index is 5.42. The lowest BCUT2D eigenvalue weighted by atomic mass is 10.3. The Balaban J connectivity index is 3.34. The molecule has 0 bridgehead atoms. The molecule has 0 aliphatic carbocycles. The topological polar surface area (TPSA) is 41.3 Å². The zero-order valence-electron chi connectivity index (χ0n) is 8.47. The maximum Gasteiger partial charge on any atom is 0.0131 e. The molecule has 3 heteroatoms. The summed E-state index contributed by atoms with van der Waals surface area (Å²) >= 11 is 0. The molecular weight excluding hydrogens is 150 g/mol. The highest BCUT2D eigenvalue weighted by Gasteiger charge is 1.99. The Morgan fingerprint density at radius 2 is 1.92 bits per heavy atom. The van der Waals surface area contributed by atoms with Crippen LogP contribution in [0.15, 0.2) is 0 Å².